The highest BCUT2D eigenvalue weighted by Gasteiger charge is 2.52. The van der Waals surface area contributed by atoms with Crippen LogP contribution in [0.2, 0.25) is 0 Å². The SMILES string of the molecule is Cc1cccc(C(O)C(=O)N2CCCC3(C2)NC(=O)C(C)(C)O3)n1. The number of hydrogen-bond donors (Lipinski definition) is 2. The molecule has 0 radical (unpaired) electrons. The van der Waals surface area contributed by atoms with Crippen molar-refractivity contribution in [3.05, 3.63) is 29.6 Å². The van der Waals surface area contributed by atoms with Gasteiger partial charge in [-0.2, -0.15) is 0 Å². The quantitative estimate of drug-likeness (QED) is 0.830. The minimum Gasteiger partial charge on any atom is -0.377 e. The summed E-state index contributed by atoms with van der Waals surface area (Å²) < 4.78 is 5.92. The summed E-state index contributed by atoms with van der Waals surface area (Å²) in [5, 5.41) is 13.2. The summed E-state index contributed by atoms with van der Waals surface area (Å²) in [4.78, 5) is 30.5. The molecule has 0 saturated carbocycles. The van der Waals surface area contributed by atoms with Gasteiger partial charge in [0.15, 0.2) is 11.8 Å². The topological polar surface area (TPSA) is 91.8 Å². The van der Waals surface area contributed by atoms with Gasteiger partial charge in [-0.05, 0) is 45.7 Å². The smallest absolute Gasteiger partial charge is 0.257 e. The molecule has 24 heavy (non-hydrogen) atoms. The summed E-state index contributed by atoms with van der Waals surface area (Å²) in [5.74, 6) is -0.604. The van der Waals surface area contributed by atoms with Gasteiger partial charge < -0.3 is 20.1 Å². The largest absolute Gasteiger partial charge is 0.377 e. The number of rotatable bonds is 2. The fourth-order valence-electron chi connectivity index (χ4n) is 3.33. The number of likely N-dealkylation sites (tertiary alicyclic amines) is 1. The van der Waals surface area contributed by atoms with Gasteiger partial charge in [-0.25, -0.2) is 0 Å². The number of piperidine rings is 1. The highest BCUT2D eigenvalue weighted by Crippen LogP contribution is 2.34. The number of aryl methyl sites for hydroxylation is 1. The van der Waals surface area contributed by atoms with E-state index in [2.05, 4.69) is 10.3 Å². The number of carbonyl (C=O) groups excluding carboxylic acids is 2. The van der Waals surface area contributed by atoms with Crippen LogP contribution in [-0.4, -0.2) is 51.2 Å². The lowest BCUT2D eigenvalue weighted by Gasteiger charge is -2.40. The Bertz CT molecular complexity index is 676. The molecule has 2 unspecified atom stereocenters. The van der Waals surface area contributed by atoms with Gasteiger partial charge in [0.25, 0.3) is 11.8 Å². The van der Waals surface area contributed by atoms with Crippen LogP contribution in [0.25, 0.3) is 0 Å². The molecule has 1 aromatic rings. The fraction of sp³-hybridized carbons (Fsp3) is 0.588. The molecule has 130 valence electrons. The van der Waals surface area contributed by atoms with E-state index in [1.807, 2.05) is 0 Å². The van der Waals surface area contributed by atoms with Crippen LogP contribution in [0.3, 0.4) is 0 Å². The number of nitrogens with one attached hydrogen (secondary N) is 1. The molecule has 3 heterocycles. The molecule has 1 spiro atoms. The van der Waals surface area contributed by atoms with Gasteiger partial charge in [-0.1, -0.05) is 6.07 Å². The van der Waals surface area contributed by atoms with Crippen molar-refractivity contribution < 1.29 is 19.4 Å². The van der Waals surface area contributed by atoms with Crippen molar-refractivity contribution in [2.24, 2.45) is 0 Å². The van der Waals surface area contributed by atoms with E-state index in [4.69, 9.17) is 4.74 Å². The number of aromatic nitrogens is 1. The molecular formula is C17H23N3O4. The number of carbonyl (C=O) groups is 2. The first-order valence-corrected chi connectivity index (χ1v) is 8.16. The molecule has 0 bridgehead atoms. The van der Waals surface area contributed by atoms with Crippen LogP contribution >= 0.6 is 0 Å². The summed E-state index contributed by atoms with van der Waals surface area (Å²) in [6.07, 6.45) is 0.0195. The van der Waals surface area contributed by atoms with E-state index in [-0.39, 0.29) is 12.5 Å². The van der Waals surface area contributed by atoms with Gasteiger partial charge >= 0.3 is 0 Å². The summed E-state index contributed by atoms with van der Waals surface area (Å²) in [6, 6.07) is 5.20. The third kappa shape index (κ3) is 3.01. The predicted molar refractivity (Wildman–Crippen MR) is 85.8 cm³/mol. The van der Waals surface area contributed by atoms with Gasteiger partial charge in [0.05, 0.1) is 12.2 Å². The highest BCUT2D eigenvalue weighted by molar-refractivity contribution is 5.87. The van der Waals surface area contributed by atoms with Crippen molar-refractivity contribution in [3.8, 4) is 0 Å². The molecule has 2 aliphatic heterocycles. The van der Waals surface area contributed by atoms with Crippen LogP contribution in [0, 0.1) is 6.92 Å². The van der Waals surface area contributed by atoms with E-state index in [1.54, 1.807) is 43.9 Å². The first-order valence-electron chi connectivity index (χ1n) is 8.16. The molecule has 2 aliphatic rings. The second kappa shape index (κ2) is 5.82. The average molecular weight is 333 g/mol. The van der Waals surface area contributed by atoms with Gasteiger partial charge in [0.1, 0.15) is 5.60 Å². The lowest BCUT2D eigenvalue weighted by molar-refractivity contribution is -0.159. The Morgan fingerprint density at radius 3 is 2.83 bits per heavy atom. The molecule has 2 fully saturated rings. The van der Waals surface area contributed by atoms with Crippen molar-refractivity contribution >= 4 is 11.8 Å². The monoisotopic (exact) mass is 333 g/mol. The zero-order valence-corrected chi connectivity index (χ0v) is 14.2. The number of aliphatic hydroxyl groups is 1. The molecule has 7 nitrogen and oxygen atoms in total. The number of aliphatic hydroxyl groups excluding tert-OH is 1. The van der Waals surface area contributed by atoms with E-state index < -0.39 is 23.3 Å². The maximum absolute atomic E-state index is 12.7. The van der Waals surface area contributed by atoms with Gasteiger partial charge in [-0.3, -0.25) is 14.6 Å². The van der Waals surface area contributed by atoms with Gasteiger partial charge in [0, 0.05) is 12.2 Å². The summed E-state index contributed by atoms with van der Waals surface area (Å²) in [7, 11) is 0. The van der Waals surface area contributed by atoms with Crippen LogP contribution in [0.5, 0.6) is 0 Å². The van der Waals surface area contributed by atoms with Gasteiger partial charge in [-0.15, -0.1) is 0 Å². The van der Waals surface area contributed by atoms with Crippen LogP contribution in [-0.2, 0) is 14.3 Å². The van der Waals surface area contributed by atoms with Crippen LogP contribution < -0.4 is 5.32 Å². The van der Waals surface area contributed by atoms with Crippen LogP contribution in [0.4, 0.5) is 0 Å². The minimum atomic E-state index is -1.31. The van der Waals surface area contributed by atoms with Crippen molar-refractivity contribution in [2.75, 3.05) is 13.1 Å². The number of ether oxygens (including phenoxy) is 1. The Hall–Kier alpha value is -1.99. The van der Waals surface area contributed by atoms with Crippen LogP contribution in [0.15, 0.2) is 18.2 Å². The molecule has 0 aromatic carbocycles. The van der Waals surface area contributed by atoms with Crippen molar-refractivity contribution in [1.82, 2.24) is 15.2 Å². The zero-order valence-electron chi connectivity index (χ0n) is 14.2. The molecule has 7 heteroatoms. The van der Waals surface area contributed by atoms with E-state index in [0.29, 0.717) is 25.1 Å². The van der Waals surface area contributed by atoms with Gasteiger partial charge in [0.2, 0.25) is 0 Å². The number of amides is 2. The molecule has 0 aliphatic carbocycles. The summed E-state index contributed by atoms with van der Waals surface area (Å²) in [6.45, 7) is 5.97. The molecule has 2 amide bonds. The van der Waals surface area contributed by atoms with E-state index in [9.17, 15) is 14.7 Å². The van der Waals surface area contributed by atoms with E-state index in [0.717, 1.165) is 5.69 Å². The lowest BCUT2D eigenvalue weighted by Crippen LogP contribution is -2.57. The normalized spacial score (nSPS) is 27.2. The zero-order chi connectivity index (χ0) is 17.5. The maximum atomic E-state index is 12.7. The maximum Gasteiger partial charge on any atom is 0.257 e. The first-order chi connectivity index (χ1) is 11.2. The lowest BCUT2D eigenvalue weighted by atomic mass is 10.0. The Labute approximate surface area is 141 Å². The number of hydrogen-bond acceptors (Lipinski definition) is 5. The van der Waals surface area contributed by atoms with Crippen molar-refractivity contribution in [1.29, 1.82) is 0 Å². The molecule has 2 atom stereocenters. The summed E-state index contributed by atoms with van der Waals surface area (Å²) >= 11 is 0. The average Bonchev–Trinajstić information content (AvgIpc) is 2.74. The van der Waals surface area contributed by atoms with E-state index in [1.165, 1.54) is 0 Å². The Balaban J connectivity index is 1.75. The minimum absolute atomic E-state index is 0.183. The molecule has 3 rings (SSSR count). The van der Waals surface area contributed by atoms with Crippen LogP contribution in [0.1, 0.15) is 44.2 Å². The second-order valence-electron chi connectivity index (χ2n) is 7.03. The predicted octanol–water partition coefficient (Wildman–Crippen LogP) is 0.667. The Morgan fingerprint density at radius 2 is 2.21 bits per heavy atom. The Morgan fingerprint density at radius 1 is 1.46 bits per heavy atom. The number of nitrogens with zero attached hydrogens (tertiary/aromatic N) is 2. The molecule has 2 saturated heterocycles. The third-order valence-electron chi connectivity index (χ3n) is 4.53. The van der Waals surface area contributed by atoms with Crippen molar-refractivity contribution in [2.45, 2.75) is 51.0 Å². The molecule has 2 N–H and O–H groups in total. The Kier molecular flexibility index (Phi) is 4.09. The molecule has 1 aromatic heterocycles. The first kappa shape index (κ1) is 16.9. The number of pyridine rings is 1. The van der Waals surface area contributed by atoms with E-state index >= 15 is 0 Å². The third-order valence-corrected chi connectivity index (χ3v) is 4.53. The van der Waals surface area contributed by atoms with Crippen molar-refractivity contribution in [3.63, 3.8) is 0 Å². The second-order valence-corrected chi connectivity index (χ2v) is 7.03. The fourth-order valence-corrected chi connectivity index (χ4v) is 3.33. The summed E-state index contributed by atoms with van der Waals surface area (Å²) in [5.41, 5.74) is -0.712. The standard InChI is InChI=1S/C17H23N3O4/c1-11-6-4-7-12(18-11)13(21)14(22)20-9-5-8-17(10-20)19-15(23)16(2,3)24-17/h4,6-7,13,21H,5,8-10H2,1-3H3,(H,19,23). The molecular weight excluding hydrogens is 310 g/mol. The highest BCUT2D eigenvalue weighted by atomic mass is 16.6.